The normalized spacial score (nSPS) is 26.1. The number of hydrogen-bond donors (Lipinski definition) is 0. The topological polar surface area (TPSA) is 0 Å². The van der Waals surface area contributed by atoms with E-state index in [1.54, 1.807) is 0 Å². The molecule has 0 radical (unpaired) electrons. The quantitative estimate of drug-likeness (QED) is 0.235. The Hall–Kier alpha value is -0.780. The lowest BCUT2D eigenvalue weighted by atomic mass is 9.59. The molecule has 0 N–H and O–H groups in total. The fourth-order valence-corrected chi connectivity index (χ4v) is 5.40. The van der Waals surface area contributed by atoms with E-state index in [0.29, 0.717) is 17.3 Å². The van der Waals surface area contributed by atoms with Crippen LogP contribution in [0.5, 0.6) is 0 Å². The third-order valence-electron chi connectivity index (χ3n) is 9.41. The third kappa shape index (κ3) is 9.23. The average molecular weight is 443 g/mol. The zero-order valence-corrected chi connectivity index (χ0v) is 23.5. The summed E-state index contributed by atoms with van der Waals surface area (Å²) in [5, 5.41) is 0. The van der Waals surface area contributed by atoms with Crippen LogP contribution in [0.4, 0.5) is 0 Å². The molecule has 1 saturated carbocycles. The molecular weight excluding hydrogens is 384 g/mol. The molecule has 0 spiro atoms. The minimum Gasteiger partial charge on any atom is -0.102 e. The smallest absolute Gasteiger partial charge is 0.00303 e. The van der Waals surface area contributed by atoms with Gasteiger partial charge in [-0.3, -0.25) is 0 Å². The second kappa shape index (κ2) is 13.2. The van der Waals surface area contributed by atoms with Gasteiger partial charge in [0.2, 0.25) is 0 Å². The number of rotatable bonds is 14. The highest BCUT2D eigenvalue weighted by atomic mass is 14.4. The molecule has 1 aliphatic rings. The maximum atomic E-state index is 4.46. The van der Waals surface area contributed by atoms with Crippen molar-refractivity contribution in [2.75, 3.05) is 0 Å². The molecule has 0 nitrogen and oxygen atoms in total. The SMILES string of the molecule is C=CC(C)(/C=C/C(C)CCCC(C)CCC(C)C(C)C)CCC1C(=C)CCC(C)C1(C)C. The fourth-order valence-electron chi connectivity index (χ4n) is 5.40. The Labute approximate surface area is 203 Å². The molecule has 0 heteroatoms. The lowest BCUT2D eigenvalue weighted by Gasteiger charge is -2.46. The largest absolute Gasteiger partial charge is 0.102 e. The van der Waals surface area contributed by atoms with Crippen LogP contribution in [0.1, 0.15) is 120 Å². The molecule has 1 aliphatic carbocycles. The van der Waals surface area contributed by atoms with Crippen LogP contribution in [0, 0.1) is 46.3 Å². The van der Waals surface area contributed by atoms with Crippen LogP contribution in [0.2, 0.25) is 0 Å². The molecule has 1 fully saturated rings. The van der Waals surface area contributed by atoms with Gasteiger partial charge in [-0.05, 0) is 73.0 Å². The van der Waals surface area contributed by atoms with E-state index in [1.807, 2.05) is 0 Å². The van der Waals surface area contributed by atoms with Crippen LogP contribution in [0.25, 0.3) is 0 Å². The lowest BCUT2D eigenvalue weighted by molar-refractivity contribution is 0.100. The summed E-state index contributed by atoms with van der Waals surface area (Å²) in [6, 6.07) is 0. The Kier molecular flexibility index (Phi) is 12.1. The summed E-state index contributed by atoms with van der Waals surface area (Å²) in [7, 11) is 0. The van der Waals surface area contributed by atoms with E-state index in [1.165, 1.54) is 63.4 Å². The first-order chi connectivity index (χ1) is 14.8. The molecule has 0 amide bonds. The standard InChI is InChI=1S/C32H58/c1-12-32(11,23-21-30-28(7)18-19-29(8)31(30,9)10)22-20-26(5)15-13-14-25(4)16-17-27(6)24(2)3/h12,20,22,24-27,29-30H,1,7,13-19,21,23H2,2-6,8-11H3/b22-20+. The van der Waals surface area contributed by atoms with Gasteiger partial charge >= 0.3 is 0 Å². The minimum atomic E-state index is 0.0889. The zero-order chi connectivity index (χ0) is 24.5. The molecule has 6 atom stereocenters. The van der Waals surface area contributed by atoms with Gasteiger partial charge in [0.05, 0.1) is 0 Å². The Morgan fingerprint density at radius 2 is 1.72 bits per heavy atom. The molecule has 32 heavy (non-hydrogen) atoms. The van der Waals surface area contributed by atoms with Crippen LogP contribution in [0.3, 0.4) is 0 Å². The van der Waals surface area contributed by atoms with Gasteiger partial charge in [0, 0.05) is 5.41 Å². The molecule has 0 aromatic heterocycles. The summed E-state index contributed by atoms with van der Waals surface area (Å²) in [4.78, 5) is 0. The maximum absolute atomic E-state index is 4.46. The Bertz CT molecular complexity index is 591. The van der Waals surface area contributed by atoms with Gasteiger partial charge < -0.3 is 0 Å². The molecular formula is C32H58. The summed E-state index contributed by atoms with van der Waals surface area (Å²) >= 11 is 0. The van der Waals surface area contributed by atoms with Crippen LogP contribution in [-0.4, -0.2) is 0 Å². The van der Waals surface area contributed by atoms with Gasteiger partial charge in [0.15, 0.2) is 0 Å². The molecule has 1 rings (SSSR count). The van der Waals surface area contributed by atoms with Crippen LogP contribution in [0.15, 0.2) is 37.0 Å². The third-order valence-corrected chi connectivity index (χ3v) is 9.41. The van der Waals surface area contributed by atoms with Crippen molar-refractivity contribution in [2.45, 2.75) is 120 Å². The van der Waals surface area contributed by atoms with Gasteiger partial charge in [-0.25, -0.2) is 0 Å². The predicted molar refractivity (Wildman–Crippen MR) is 147 cm³/mol. The first kappa shape index (κ1) is 29.3. The van der Waals surface area contributed by atoms with Crippen molar-refractivity contribution in [3.05, 3.63) is 37.0 Å². The second-order valence-corrected chi connectivity index (χ2v) is 12.9. The van der Waals surface area contributed by atoms with E-state index in [9.17, 15) is 0 Å². The zero-order valence-electron chi connectivity index (χ0n) is 23.5. The molecule has 0 aromatic carbocycles. The van der Waals surface area contributed by atoms with Crippen molar-refractivity contribution >= 4 is 0 Å². The van der Waals surface area contributed by atoms with E-state index in [2.05, 4.69) is 93.7 Å². The van der Waals surface area contributed by atoms with Crippen LogP contribution >= 0.6 is 0 Å². The molecule has 0 bridgehead atoms. The van der Waals surface area contributed by atoms with Crippen molar-refractivity contribution in [3.8, 4) is 0 Å². The first-order valence-corrected chi connectivity index (χ1v) is 13.8. The number of allylic oxidation sites excluding steroid dienone is 4. The van der Waals surface area contributed by atoms with E-state index >= 15 is 0 Å². The molecule has 186 valence electrons. The summed E-state index contributed by atoms with van der Waals surface area (Å²) < 4.78 is 0. The molecule has 0 heterocycles. The van der Waals surface area contributed by atoms with Crippen molar-refractivity contribution < 1.29 is 0 Å². The van der Waals surface area contributed by atoms with Crippen molar-refractivity contribution in [3.63, 3.8) is 0 Å². The predicted octanol–water partition coefficient (Wildman–Crippen LogP) is 10.7. The molecule has 0 saturated heterocycles. The monoisotopic (exact) mass is 442 g/mol. The van der Waals surface area contributed by atoms with Gasteiger partial charge in [-0.1, -0.05) is 118 Å². The Balaban J connectivity index is 2.49. The summed E-state index contributed by atoms with van der Waals surface area (Å²) in [5.74, 6) is 4.60. The van der Waals surface area contributed by atoms with Gasteiger partial charge in [0.1, 0.15) is 0 Å². The van der Waals surface area contributed by atoms with Crippen molar-refractivity contribution in [2.24, 2.45) is 46.3 Å². The maximum Gasteiger partial charge on any atom is 0.00303 e. The highest BCUT2D eigenvalue weighted by Gasteiger charge is 2.40. The molecule has 0 aliphatic heterocycles. The highest BCUT2D eigenvalue weighted by Crippen LogP contribution is 2.50. The van der Waals surface area contributed by atoms with Crippen LogP contribution in [-0.2, 0) is 0 Å². The van der Waals surface area contributed by atoms with E-state index < -0.39 is 0 Å². The molecule has 0 aromatic rings. The van der Waals surface area contributed by atoms with Crippen molar-refractivity contribution in [1.29, 1.82) is 0 Å². The van der Waals surface area contributed by atoms with Gasteiger partial charge in [-0.15, -0.1) is 6.58 Å². The summed E-state index contributed by atoms with van der Waals surface area (Å²) in [6.45, 7) is 30.3. The van der Waals surface area contributed by atoms with Crippen molar-refractivity contribution in [1.82, 2.24) is 0 Å². The van der Waals surface area contributed by atoms with Crippen LogP contribution < -0.4 is 0 Å². The van der Waals surface area contributed by atoms with Gasteiger partial charge in [-0.2, -0.15) is 0 Å². The Morgan fingerprint density at radius 3 is 2.31 bits per heavy atom. The summed E-state index contributed by atoms with van der Waals surface area (Å²) in [5.41, 5.74) is 1.93. The second-order valence-electron chi connectivity index (χ2n) is 12.9. The number of hydrogen-bond acceptors (Lipinski definition) is 0. The summed E-state index contributed by atoms with van der Waals surface area (Å²) in [6.07, 6.45) is 18.8. The Morgan fingerprint density at radius 1 is 1.06 bits per heavy atom. The van der Waals surface area contributed by atoms with Gasteiger partial charge in [0.25, 0.3) is 0 Å². The highest BCUT2D eigenvalue weighted by molar-refractivity contribution is 5.13. The average Bonchev–Trinajstić information content (AvgIpc) is 2.73. The first-order valence-electron chi connectivity index (χ1n) is 13.8. The minimum absolute atomic E-state index is 0.0889. The van der Waals surface area contributed by atoms with E-state index in [4.69, 9.17) is 0 Å². The van der Waals surface area contributed by atoms with E-state index in [0.717, 1.165) is 23.7 Å². The molecule has 6 unspecified atom stereocenters. The lowest BCUT2D eigenvalue weighted by Crippen LogP contribution is -2.36. The fraction of sp³-hybridized carbons (Fsp3) is 0.812. The van der Waals surface area contributed by atoms with E-state index in [-0.39, 0.29) is 5.41 Å².